The SMILES string of the molecule is C/C=C/C(=O)NC(C(=O)N[C@@H](C)C(=O)N1CCC[C@@H](C(=O)O)N1)C(C)C.C=CCC(=O)NC(C(=O)N[C@@H](C)C(=O)N1CCC[C@@H](C(=O)O)N1)C(C)C. The zero-order chi connectivity index (χ0) is 39.7. The molecule has 0 aromatic rings. The Labute approximate surface area is 304 Å². The maximum absolute atomic E-state index is 12.5. The van der Waals surface area contributed by atoms with Crippen molar-refractivity contribution >= 4 is 47.4 Å². The highest BCUT2D eigenvalue weighted by Gasteiger charge is 2.34. The molecule has 0 radical (unpaired) electrons. The number of allylic oxidation sites excluding steroid dienone is 1. The quantitative estimate of drug-likeness (QED) is 0.0788. The highest BCUT2D eigenvalue weighted by molar-refractivity contribution is 5.95. The van der Waals surface area contributed by atoms with E-state index in [1.54, 1.807) is 40.7 Å². The number of hydrogen-bond acceptors (Lipinski definition) is 10. The summed E-state index contributed by atoms with van der Waals surface area (Å²) in [6.07, 6.45) is 6.42. The Morgan fingerprint density at radius 2 is 1.12 bits per heavy atom. The van der Waals surface area contributed by atoms with Gasteiger partial charge in [-0.2, -0.15) is 0 Å². The van der Waals surface area contributed by atoms with Gasteiger partial charge in [0, 0.05) is 19.5 Å². The summed E-state index contributed by atoms with van der Waals surface area (Å²) < 4.78 is 0. The summed E-state index contributed by atoms with van der Waals surface area (Å²) in [6, 6.07) is -4.92. The third-order valence-electron chi connectivity index (χ3n) is 8.12. The average molecular weight is 737 g/mol. The minimum Gasteiger partial charge on any atom is -0.480 e. The number of carboxylic acid groups (broad SMARTS) is 2. The average Bonchev–Trinajstić information content (AvgIpc) is 3.08. The van der Waals surface area contributed by atoms with Gasteiger partial charge in [0.05, 0.1) is 0 Å². The number of nitrogens with zero attached hydrogens (tertiary/aromatic N) is 2. The normalized spacial score (nSPS) is 19.6. The van der Waals surface area contributed by atoms with Gasteiger partial charge in [0.15, 0.2) is 0 Å². The second kappa shape index (κ2) is 22.2. The number of hydrazine groups is 2. The number of carboxylic acids is 2. The first kappa shape index (κ1) is 45.2. The second-order valence-corrected chi connectivity index (χ2v) is 13.3. The lowest BCUT2D eigenvalue weighted by atomic mass is 10.0. The molecule has 2 aliphatic rings. The van der Waals surface area contributed by atoms with Crippen LogP contribution in [-0.2, 0) is 38.4 Å². The lowest BCUT2D eigenvalue weighted by Crippen LogP contribution is -2.60. The number of aliphatic carboxylic acids is 2. The van der Waals surface area contributed by atoms with Gasteiger partial charge in [-0.1, -0.05) is 39.8 Å². The fourth-order valence-electron chi connectivity index (χ4n) is 5.23. The molecular formula is C34H56N8O10. The molecule has 8 N–H and O–H groups in total. The molecule has 2 heterocycles. The van der Waals surface area contributed by atoms with E-state index in [1.807, 2.05) is 0 Å². The minimum absolute atomic E-state index is 0.0965. The minimum atomic E-state index is -1.02. The van der Waals surface area contributed by atoms with Crippen LogP contribution in [0.25, 0.3) is 0 Å². The standard InChI is InChI=1S/2C17H28N4O5/c2*1-5-7-13(22)19-14(10(2)3)15(23)18-11(4)16(24)21-9-6-8-12(20-21)17(25)26/h5,7,10-12,14,20H,6,8-9H2,1-4H3,(H,18,23)(H,19,22)(H,25,26);5,10-12,14,20H,1,6-9H2,2-4H3,(H,18,23)(H,19,22)(H,25,26)/b7-5+;/t2*11-,12-,14?/m00/s1. The van der Waals surface area contributed by atoms with Crippen LogP contribution in [0.15, 0.2) is 24.8 Å². The molecule has 2 fully saturated rings. The van der Waals surface area contributed by atoms with E-state index in [9.17, 15) is 38.4 Å². The van der Waals surface area contributed by atoms with Crippen LogP contribution < -0.4 is 32.1 Å². The predicted octanol–water partition coefficient (Wildman–Crippen LogP) is -0.424. The van der Waals surface area contributed by atoms with Crippen LogP contribution in [0, 0.1) is 11.8 Å². The summed E-state index contributed by atoms with van der Waals surface area (Å²) in [5, 5.41) is 31.0. The van der Waals surface area contributed by atoms with Crippen molar-refractivity contribution in [2.75, 3.05) is 13.1 Å². The molecule has 0 bridgehead atoms. The largest absolute Gasteiger partial charge is 0.480 e. The number of amides is 6. The Bertz CT molecular complexity index is 1340. The molecule has 6 amide bonds. The van der Waals surface area contributed by atoms with Gasteiger partial charge in [-0.05, 0) is 64.4 Å². The van der Waals surface area contributed by atoms with Crippen LogP contribution in [0.5, 0.6) is 0 Å². The molecule has 2 rings (SSSR count). The van der Waals surface area contributed by atoms with Gasteiger partial charge >= 0.3 is 11.9 Å². The van der Waals surface area contributed by atoms with Gasteiger partial charge in [0.1, 0.15) is 36.3 Å². The van der Waals surface area contributed by atoms with Crippen molar-refractivity contribution in [3.05, 3.63) is 24.8 Å². The Hall–Kier alpha value is -4.84. The van der Waals surface area contributed by atoms with E-state index in [0.29, 0.717) is 38.8 Å². The highest BCUT2D eigenvalue weighted by atomic mass is 16.4. The summed E-state index contributed by atoms with van der Waals surface area (Å²) in [5.74, 6) is -4.88. The zero-order valence-electron chi connectivity index (χ0n) is 31.1. The molecule has 0 aromatic heterocycles. The summed E-state index contributed by atoms with van der Waals surface area (Å²) in [6.45, 7) is 16.1. The van der Waals surface area contributed by atoms with Crippen molar-refractivity contribution in [3.8, 4) is 0 Å². The van der Waals surface area contributed by atoms with Crippen LogP contribution in [0.4, 0.5) is 0 Å². The topological polar surface area (TPSA) is 256 Å². The fourth-order valence-corrected chi connectivity index (χ4v) is 5.23. The molecule has 2 aliphatic heterocycles. The Balaban J connectivity index is 0.000000520. The smallest absolute Gasteiger partial charge is 0.322 e. The van der Waals surface area contributed by atoms with Gasteiger partial charge in [0.2, 0.25) is 23.6 Å². The van der Waals surface area contributed by atoms with E-state index in [-0.39, 0.29) is 30.1 Å². The molecule has 6 atom stereocenters. The van der Waals surface area contributed by atoms with Crippen molar-refractivity contribution in [1.82, 2.24) is 42.1 Å². The van der Waals surface area contributed by atoms with E-state index >= 15 is 0 Å². The van der Waals surface area contributed by atoms with Crippen LogP contribution in [0.2, 0.25) is 0 Å². The summed E-state index contributed by atoms with van der Waals surface area (Å²) in [4.78, 5) is 95.5. The van der Waals surface area contributed by atoms with Crippen LogP contribution in [-0.4, -0.2) is 117 Å². The second-order valence-electron chi connectivity index (χ2n) is 13.3. The highest BCUT2D eigenvalue weighted by Crippen LogP contribution is 2.11. The monoisotopic (exact) mass is 736 g/mol. The summed E-state index contributed by atoms with van der Waals surface area (Å²) >= 11 is 0. The lowest BCUT2D eigenvalue weighted by molar-refractivity contribution is -0.149. The van der Waals surface area contributed by atoms with E-state index in [4.69, 9.17) is 10.2 Å². The number of nitrogens with one attached hydrogen (secondary N) is 6. The van der Waals surface area contributed by atoms with E-state index in [2.05, 4.69) is 38.7 Å². The van der Waals surface area contributed by atoms with Crippen molar-refractivity contribution in [3.63, 3.8) is 0 Å². The molecule has 2 saturated heterocycles. The Morgan fingerprint density at radius 3 is 1.46 bits per heavy atom. The van der Waals surface area contributed by atoms with Crippen molar-refractivity contribution in [1.29, 1.82) is 0 Å². The number of hydrogen-bond donors (Lipinski definition) is 8. The first-order chi connectivity index (χ1) is 24.3. The molecule has 18 nitrogen and oxygen atoms in total. The van der Waals surface area contributed by atoms with Crippen molar-refractivity contribution < 1.29 is 48.6 Å². The molecule has 18 heteroatoms. The summed E-state index contributed by atoms with van der Waals surface area (Å²) in [5.41, 5.74) is 5.32. The van der Waals surface area contributed by atoms with Crippen LogP contribution in [0.3, 0.4) is 0 Å². The van der Waals surface area contributed by atoms with Gasteiger partial charge in [-0.25, -0.2) is 10.9 Å². The first-order valence-corrected chi connectivity index (χ1v) is 17.4. The number of carbonyl (C=O) groups is 8. The van der Waals surface area contributed by atoms with E-state index in [1.165, 1.54) is 36.0 Å². The van der Waals surface area contributed by atoms with Crippen LogP contribution >= 0.6 is 0 Å². The molecule has 0 saturated carbocycles. The van der Waals surface area contributed by atoms with Gasteiger partial charge < -0.3 is 31.5 Å². The zero-order valence-corrected chi connectivity index (χ0v) is 31.1. The van der Waals surface area contributed by atoms with Gasteiger partial charge in [-0.15, -0.1) is 6.58 Å². The molecule has 0 aliphatic carbocycles. The van der Waals surface area contributed by atoms with E-state index in [0.717, 1.165) is 0 Å². The number of rotatable bonds is 15. The Kier molecular flexibility index (Phi) is 19.3. The molecule has 2 unspecified atom stereocenters. The molecule has 0 aromatic carbocycles. The van der Waals surface area contributed by atoms with Crippen LogP contribution in [0.1, 0.15) is 80.6 Å². The first-order valence-electron chi connectivity index (χ1n) is 17.4. The maximum Gasteiger partial charge on any atom is 0.322 e. The van der Waals surface area contributed by atoms with Crippen molar-refractivity contribution in [2.45, 2.75) is 117 Å². The van der Waals surface area contributed by atoms with Gasteiger partial charge in [0.25, 0.3) is 11.8 Å². The third kappa shape index (κ3) is 14.8. The molecule has 52 heavy (non-hydrogen) atoms. The van der Waals surface area contributed by atoms with Crippen molar-refractivity contribution in [2.24, 2.45) is 11.8 Å². The molecule has 292 valence electrons. The van der Waals surface area contributed by atoms with E-state index < -0.39 is 71.8 Å². The summed E-state index contributed by atoms with van der Waals surface area (Å²) in [7, 11) is 0. The maximum atomic E-state index is 12.5. The molecular weight excluding hydrogens is 680 g/mol. The third-order valence-corrected chi connectivity index (χ3v) is 8.12. The van der Waals surface area contributed by atoms with Gasteiger partial charge in [-0.3, -0.25) is 48.4 Å². The lowest BCUT2D eigenvalue weighted by Gasteiger charge is -2.34. The fraction of sp³-hybridized carbons (Fsp3) is 0.647. The Morgan fingerprint density at radius 1 is 0.712 bits per heavy atom. The predicted molar refractivity (Wildman–Crippen MR) is 189 cm³/mol. The molecule has 0 spiro atoms. The number of carbonyl (C=O) groups excluding carboxylic acids is 6.